The number of amides is 2. The van der Waals surface area contributed by atoms with Gasteiger partial charge in [0.1, 0.15) is 17.9 Å². The fraction of sp³-hybridized carbons (Fsp3) is 0.346. The molecule has 2 heterocycles. The Morgan fingerprint density at radius 3 is 2.11 bits per heavy atom. The predicted octanol–water partition coefficient (Wildman–Crippen LogP) is 3.67. The maximum Gasteiger partial charge on any atom is 0.416 e. The van der Waals surface area contributed by atoms with E-state index in [1.54, 1.807) is 24.3 Å². The Balaban J connectivity index is 1.58. The number of carbonyl (C=O) groups is 3. The zero-order valence-electron chi connectivity index (χ0n) is 19.7. The molecule has 3 N–H and O–H groups in total. The predicted molar refractivity (Wildman–Crippen MR) is 125 cm³/mol. The lowest BCUT2D eigenvalue weighted by atomic mass is 9.79. The quantitative estimate of drug-likeness (QED) is 0.503. The number of rotatable bonds is 6. The van der Waals surface area contributed by atoms with Gasteiger partial charge < -0.3 is 25.2 Å². The number of alkyl halides is 3. The van der Waals surface area contributed by atoms with E-state index in [4.69, 9.17) is 9.84 Å². The van der Waals surface area contributed by atoms with Gasteiger partial charge in [0.25, 0.3) is 11.8 Å². The largest absolute Gasteiger partial charge is 0.511 e. The van der Waals surface area contributed by atoms with Crippen LogP contribution in [0.2, 0.25) is 0 Å². The molecule has 4 rings (SSSR count). The lowest BCUT2D eigenvalue weighted by Crippen LogP contribution is -2.58. The minimum Gasteiger partial charge on any atom is -0.511 e. The van der Waals surface area contributed by atoms with Crippen molar-refractivity contribution in [3.63, 3.8) is 0 Å². The summed E-state index contributed by atoms with van der Waals surface area (Å²) >= 11 is 0. The first kappa shape index (κ1) is 26.2. The summed E-state index contributed by atoms with van der Waals surface area (Å²) in [7, 11) is 0. The lowest BCUT2D eigenvalue weighted by molar-refractivity contribution is -0.145. The van der Waals surface area contributed by atoms with Gasteiger partial charge in [0, 0.05) is 26.2 Å². The van der Waals surface area contributed by atoms with Gasteiger partial charge in [-0.3, -0.25) is 14.4 Å². The summed E-state index contributed by atoms with van der Waals surface area (Å²) in [5.41, 5.74) is -0.00414. The van der Waals surface area contributed by atoms with Crippen LogP contribution in [0, 0.1) is 0 Å². The molecule has 0 saturated carbocycles. The van der Waals surface area contributed by atoms with E-state index in [1.807, 2.05) is 0 Å². The van der Waals surface area contributed by atoms with Crippen molar-refractivity contribution in [1.29, 1.82) is 0 Å². The van der Waals surface area contributed by atoms with Gasteiger partial charge in [-0.2, -0.15) is 13.2 Å². The molecule has 8 nitrogen and oxygen atoms in total. The highest BCUT2D eigenvalue weighted by atomic mass is 19.4. The summed E-state index contributed by atoms with van der Waals surface area (Å²) in [6.45, 7) is 0.136. The molecule has 2 aromatic carbocycles. The summed E-state index contributed by atoms with van der Waals surface area (Å²) in [4.78, 5) is 38.4. The molecule has 2 aromatic rings. The molecule has 0 aliphatic carbocycles. The van der Waals surface area contributed by atoms with Gasteiger partial charge >= 0.3 is 12.1 Å². The van der Waals surface area contributed by atoms with Gasteiger partial charge in [0.2, 0.25) is 0 Å². The molecule has 2 amide bonds. The molecule has 11 heteroatoms. The maximum absolute atomic E-state index is 13.5. The Bertz CT molecular complexity index is 1220. The summed E-state index contributed by atoms with van der Waals surface area (Å²) < 4.78 is 44.0. The van der Waals surface area contributed by atoms with Gasteiger partial charge in [-0.05, 0) is 41.7 Å². The summed E-state index contributed by atoms with van der Waals surface area (Å²) in [5, 5.41) is 21.6. The Morgan fingerprint density at radius 2 is 1.57 bits per heavy atom. The first-order chi connectivity index (χ1) is 17.5. The average Bonchev–Trinajstić information content (AvgIpc) is 2.86. The minimum absolute atomic E-state index is 0.0293. The first-order valence-electron chi connectivity index (χ1n) is 11.6. The number of benzene rings is 2. The van der Waals surface area contributed by atoms with Crippen molar-refractivity contribution in [1.82, 2.24) is 10.2 Å². The van der Waals surface area contributed by atoms with Crippen LogP contribution in [0.3, 0.4) is 0 Å². The zero-order valence-corrected chi connectivity index (χ0v) is 19.7. The Morgan fingerprint density at radius 1 is 1.00 bits per heavy atom. The van der Waals surface area contributed by atoms with Crippen LogP contribution in [-0.2, 0) is 31.8 Å². The van der Waals surface area contributed by atoms with Crippen molar-refractivity contribution in [2.75, 3.05) is 19.8 Å². The smallest absolute Gasteiger partial charge is 0.416 e. The van der Waals surface area contributed by atoms with E-state index in [9.17, 15) is 32.7 Å². The maximum atomic E-state index is 13.5. The summed E-state index contributed by atoms with van der Waals surface area (Å²) in [5.74, 6) is -3.35. The molecule has 0 unspecified atom stereocenters. The van der Waals surface area contributed by atoms with Gasteiger partial charge in [-0.15, -0.1) is 0 Å². The third kappa shape index (κ3) is 5.61. The van der Waals surface area contributed by atoms with E-state index in [2.05, 4.69) is 5.32 Å². The van der Waals surface area contributed by atoms with Crippen LogP contribution >= 0.6 is 0 Å². The molecule has 37 heavy (non-hydrogen) atoms. The molecule has 2 aliphatic rings. The number of carboxylic acid groups (broad SMARTS) is 1. The van der Waals surface area contributed by atoms with Crippen molar-refractivity contribution in [3.8, 4) is 11.1 Å². The second-order valence-corrected chi connectivity index (χ2v) is 9.07. The minimum atomic E-state index is -4.42. The second-order valence-electron chi connectivity index (χ2n) is 9.07. The van der Waals surface area contributed by atoms with Crippen LogP contribution in [-0.4, -0.2) is 58.2 Å². The molecule has 1 spiro atoms. The molecule has 0 radical (unpaired) electrons. The zero-order chi connectivity index (χ0) is 26.8. The molecule has 0 bridgehead atoms. The highest BCUT2D eigenvalue weighted by molar-refractivity contribution is 6.19. The molecule has 2 aliphatic heterocycles. The number of hydrogen-bond acceptors (Lipinski definition) is 5. The number of aliphatic hydroxyl groups excluding tert-OH is 1. The number of carboxylic acids is 1. The third-order valence-electron chi connectivity index (χ3n) is 6.71. The van der Waals surface area contributed by atoms with Crippen molar-refractivity contribution in [3.05, 3.63) is 71.0 Å². The van der Waals surface area contributed by atoms with Crippen LogP contribution in [0.1, 0.15) is 30.4 Å². The Labute approximate surface area is 210 Å². The van der Waals surface area contributed by atoms with E-state index in [1.165, 1.54) is 17.0 Å². The van der Waals surface area contributed by atoms with E-state index in [0.29, 0.717) is 42.7 Å². The second kappa shape index (κ2) is 10.3. The van der Waals surface area contributed by atoms with Gasteiger partial charge in [-0.25, -0.2) is 0 Å². The molecule has 0 atom stereocenters. The fourth-order valence-electron chi connectivity index (χ4n) is 4.72. The molecule has 196 valence electrons. The monoisotopic (exact) mass is 518 g/mol. The summed E-state index contributed by atoms with van der Waals surface area (Å²) in [6, 6.07) is 11.8. The number of nitrogens with zero attached hydrogens (tertiary/aromatic N) is 1. The van der Waals surface area contributed by atoms with Crippen molar-refractivity contribution < 1.29 is 42.5 Å². The number of halogens is 3. The number of aliphatic hydroxyl groups is 1. The van der Waals surface area contributed by atoms with E-state index in [-0.39, 0.29) is 18.7 Å². The number of aliphatic carboxylic acids is 1. The third-order valence-corrected chi connectivity index (χ3v) is 6.71. The first-order valence-corrected chi connectivity index (χ1v) is 11.6. The average molecular weight is 518 g/mol. The number of ether oxygens (including phenoxy) is 1. The van der Waals surface area contributed by atoms with Crippen LogP contribution < -0.4 is 5.32 Å². The van der Waals surface area contributed by atoms with Crippen LogP contribution in [0.5, 0.6) is 0 Å². The van der Waals surface area contributed by atoms with Crippen LogP contribution in [0.4, 0.5) is 13.2 Å². The van der Waals surface area contributed by atoms with Crippen molar-refractivity contribution >= 4 is 17.8 Å². The molecular weight excluding hydrogens is 493 g/mol. The number of nitrogens with one attached hydrogen (secondary N) is 1. The Kier molecular flexibility index (Phi) is 7.26. The topological polar surface area (TPSA) is 116 Å². The highest BCUT2D eigenvalue weighted by Gasteiger charge is 2.48. The normalized spacial score (nSPS) is 17.7. The van der Waals surface area contributed by atoms with Crippen LogP contribution in [0.25, 0.3) is 11.1 Å². The number of hydrogen-bond donors (Lipinski definition) is 3. The van der Waals surface area contributed by atoms with Crippen molar-refractivity contribution in [2.45, 2.75) is 37.5 Å². The fourth-order valence-corrected chi connectivity index (χ4v) is 4.72. The van der Waals surface area contributed by atoms with Crippen LogP contribution in [0.15, 0.2) is 59.9 Å². The summed E-state index contributed by atoms with van der Waals surface area (Å²) in [6.07, 6.45) is -3.51. The van der Waals surface area contributed by atoms with E-state index >= 15 is 0 Å². The van der Waals surface area contributed by atoms with Gasteiger partial charge in [0.15, 0.2) is 0 Å². The standard InChI is InChI=1S/C26H25F3N2O6/c27-26(28,29)19-7-5-18(6-8-19)17-3-1-16(2-4-17)15-31-24(36)22(23(35)30-14-21(33)34)20(32)13-25(31)9-11-37-12-10-25/h1-8,32H,9-15H2,(H,30,35)(H,33,34). The molecular formula is C26H25F3N2O6. The van der Waals surface area contributed by atoms with Gasteiger partial charge in [-0.1, -0.05) is 36.4 Å². The number of carbonyl (C=O) groups excluding carboxylic acids is 2. The molecule has 0 aromatic heterocycles. The molecule has 1 saturated heterocycles. The molecule has 1 fully saturated rings. The SMILES string of the molecule is O=C(O)CNC(=O)C1=C(O)CC2(CCOCC2)N(Cc2ccc(-c3ccc(C(F)(F)F)cc3)cc2)C1=O. The Hall–Kier alpha value is -3.86. The van der Waals surface area contributed by atoms with E-state index < -0.39 is 47.2 Å². The highest BCUT2D eigenvalue weighted by Crippen LogP contribution is 2.40. The van der Waals surface area contributed by atoms with Crippen molar-refractivity contribution in [2.24, 2.45) is 0 Å². The van der Waals surface area contributed by atoms with E-state index in [0.717, 1.165) is 12.1 Å². The van der Waals surface area contributed by atoms with Gasteiger partial charge in [0.05, 0.1) is 11.1 Å². The lowest BCUT2D eigenvalue weighted by Gasteiger charge is -2.49.